The monoisotopic (exact) mass is 859 g/mol. The van der Waals surface area contributed by atoms with Crippen LogP contribution in [-0.2, 0) is 46.5 Å². The Kier molecular flexibility index (Phi) is 18.1. The Labute approximate surface area is 368 Å². The second-order valence-electron chi connectivity index (χ2n) is 19.3. The molecule has 4 rings (SSSR count). The van der Waals surface area contributed by atoms with E-state index in [1.54, 1.807) is 46.2 Å². The molecule has 3 amide bonds. The minimum Gasteiger partial charge on any atom is -0.465 e. The normalized spacial score (nSPS) is 13.6. The Hall–Kier alpha value is -5.27. The number of amides is 3. The Balaban J connectivity index is 1.09. The van der Waals surface area contributed by atoms with Crippen molar-refractivity contribution in [3.05, 3.63) is 71.5 Å². The van der Waals surface area contributed by atoms with Crippen molar-refractivity contribution in [3.8, 4) is 11.1 Å². The molecule has 1 heterocycles. The fourth-order valence-corrected chi connectivity index (χ4v) is 7.38. The third kappa shape index (κ3) is 16.9. The molecule has 0 aliphatic heterocycles. The van der Waals surface area contributed by atoms with Crippen LogP contribution in [0.4, 0.5) is 4.79 Å². The summed E-state index contributed by atoms with van der Waals surface area (Å²) in [6.07, 6.45) is 7.95. The summed E-state index contributed by atoms with van der Waals surface area (Å²) in [5.41, 5.74) is 3.76. The van der Waals surface area contributed by atoms with Crippen molar-refractivity contribution in [1.82, 2.24) is 30.9 Å². The number of esters is 3. The number of unbranched alkanes of at least 4 members (excludes halogenated alkanes) is 4. The van der Waals surface area contributed by atoms with Crippen LogP contribution in [0.5, 0.6) is 0 Å². The molecular weight excluding hydrogens is 789 g/mol. The summed E-state index contributed by atoms with van der Waals surface area (Å²) < 4.78 is 18.4. The number of rotatable bonds is 22. The number of aryl methyl sites for hydroxylation is 1. The van der Waals surface area contributed by atoms with Crippen LogP contribution >= 0.6 is 0 Å². The lowest BCUT2D eigenvalue weighted by Crippen LogP contribution is -2.53. The van der Waals surface area contributed by atoms with Gasteiger partial charge in [0.25, 0.3) is 0 Å². The van der Waals surface area contributed by atoms with Gasteiger partial charge in [0, 0.05) is 37.8 Å². The Morgan fingerprint density at radius 3 is 1.92 bits per heavy atom. The standard InChI is InChI=1S/C48H70N6O8/c1-46(2,3)40(51-45(59)50-39(44(58)62-48(7,8)9)27-28-43(57)61-47(4,5)6)24-18-19-29-54-31-33(52-53-54)30-49-41(55)25-12-10-11-13-26-42(56)60-32-38-36-22-16-14-20-34(36)35-21-15-17-23-37(35)38/h14-17,20-23,31,38-40H,10-13,18-19,24-30,32H2,1-9H3,(H,49,55)(H2,50,51,59)/t39-,40-/m0/s1. The van der Waals surface area contributed by atoms with Crippen LogP contribution in [0.3, 0.4) is 0 Å². The van der Waals surface area contributed by atoms with Crippen molar-refractivity contribution >= 4 is 29.8 Å². The molecule has 3 aromatic rings. The third-order valence-electron chi connectivity index (χ3n) is 10.5. The number of nitrogens with one attached hydrogen (secondary N) is 3. The SMILES string of the molecule is CC(C)(C)OC(=O)CC[C@H](NC(=O)N[C@@H](CCCCn1cc(CNC(=O)CCCCCCC(=O)OCC2c3ccccc3-c3ccccc32)nn1)C(C)(C)C)C(=O)OC(C)(C)C. The smallest absolute Gasteiger partial charge is 0.329 e. The van der Waals surface area contributed by atoms with E-state index >= 15 is 0 Å². The minimum atomic E-state index is -1.03. The summed E-state index contributed by atoms with van der Waals surface area (Å²) in [6.45, 7) is 17.9. The Morgan fingerprint density at radius 1 is 0.694 bits per heavy atom. The number of fused-ring (bicyclic) bond motifs is 3. The van der Waals surface area contributed by atoms with Gasteiger partial charge in [0.15, 0.2) is 0 Å². The van der Waals surface area contributed by atoms with Gasteiger partial charge in [-0.3, -0.25) is 19.1 Å². The number of carbonyl (C=O) groups excluding carboxylic acids is 5. The quantitative estimate of drug-likeness (QED) is 0.0506. The van der Waals surface area contributed by atoms with Gasteiger partial charge in [0.1, 0.15) is 29.5 Å². The molecule has 14 nitrogen and oxygen atoms in total. The first-order chi connectivity index (χ1) is 29.2. The van der Waals surface area contributed by atoms with E-state index in [-0.39, 0.29) is 48.6 Å². The summed E-state index contributed by atoms with van der Waals surface area (Å²) in [7, 11) is 0. The number of hydrogen-bond acceptors (Lipinski definition) is 10. The van der Waals surface area contributed by atoms with Crippen LogP contribution in [-0.4, -0.2) is 74.7 Å². The zero-order valence-corrected chi connectivity index (χ0v) is 38.4. The number of carbonyl (C=O) groups is 5. The molecular formula is C48H70N6O8. The number of urea groups is 1. The first-order valence-electron chi connectivity index (χ1n) is 22.2. The summed E-state index contributed by atoms with van der Waals surface area (Å²) in [5.74, 6) is -1.27. The third-order valence-corrected chi connectivity index (χ3v) is 10.5. The molecule has 62 heavy (non-hydrogen) atoms. The van der Waals surface area contributed by atoms with Crippen molar-refractivity contribution in [2.24, 2.45) is 5.41 Å². The number of aromatic nitrogens is 3. The van der Waals surface area contributed by atoms with Crippen LogP contribution in [0, 0.1) is 5.41 Å². The van der Waals surface area contributed by atoms with Gasteiger partial charge < -0.3 is 30.2 Å². The second kappa shape index (κ2) is 22.7. The topological polar surface area (TPSA) is 180 Å². The van der Waals surface area contributed by atoms with Crippen LogP contribution in [0.25, 0.3) is 11.1 Å². The zero-order valence-electron chi connectivity index (χ0n) is 38.4. The largest absolute Gasteiger partial charge is 0.465 e. The summed E-state index contributed by atoms with van der Waals surface area (Å²) in [6, 6.07) is 14.8. The molecule has 3 N–H and O–H groups in total. The molecule has 0 saturated carbocycles. The van der Waals surface area contributed by atoms with E-state index in [9.17, 15) is 24.0 Å². The lowest BCUT2D eigenvalue weighted by atomic mass is 9.84. The molecule has 0 radical (unpaired) electrons. The molecule has 1 aliphatic carbocycles. The molecule has 1 aliphatic rings. The molecule has 340 valence electrons. The van der Waals surface area contributed by atoms with E-state index < -0.39 is 35.2 Å². The number of nitrogens with zero attached hydrogens (tertiary/aromatic N) is 3. The van der Waals surface area contributed by atoms with Gasteiger partial charge in [-0.25, -0.2) is 9.59 Å². The molecule has 0 unspecified atom stereocenters. The second-order valence-corrected chi connectivity index (χ2v) is 19.3. The van der Waals surface area contributed by atoms with Crippen LogP contribution in [0.15, 0.2) is 54.7 Å². The molecule has 0 spiro atoms. The Bertz CT molecular complexity index is 1910. The maximum absolute atomic E-state index is 13.2. The Morgan fingerprint density at radius 2 is 1.31 bits per heavy atom. The summed E-state index contributed by atoms with van der Waals surface area (Å²) in [5, 5.41) is 17.1. The molecule has 14 heteroatoms. The molecule has 2 atom stereocenters. The lowest BCUT2D eigenvalue weighted by molar-refractivity contribution is -0.158. The van der Waals surface area contributed by atoms with Gasteiger partial charge in [-0.05, 0) is 108 Å². The van der Waals surface area contributed by atoms with Crippen molar-refractivity contribution in [2.75, 3.05) is 6.61 Å². The van der Waals surface area contributed by atoms with Gasteiger partial charge in [0.05, 0.1) is 12.7 Å². The predicted molar refractivity (Wildman–Crippen MR) is 238 cm³/mol. The van der Waals surface area contributed by atoms with E-state index in [1.807, 2.05) is 51.2 Å². The summed E-state index contributed by atoms with van der Waals surface area (Å²) in [4.78, 5) is 63.7. The fourth-order valence-electron chi connectivity index (χ4n) is 7.38. The molecule has 0 bridgehead atoms. The summed E-state index contributed by atoms with van der Waals surface area (Å²) >= 11 is 0. The van der Waals surface area contributed by atoms with Crippen LogP contribution in [0.2, 0.25) is 0 Å². The van der Waals surface area contributed by atoms with E-state index in [4.69, 9.17) is 14.2 Å². The van der Waals surface area contributed by atoms with Gasteiger partial charge in [0.2, 0.25) is 5.91 Å². The van der Waals surface area contributed by atoms with Gasteiger partial charge in [-0.15, -0.1) is 5.10 Å². The van der Waals surface area contributed by atoms with E-state index in [2.05, 4.69) is 50.5 Å². The minimum absolute atomic E-state index is 0.0378. The number of ether oxygens (including phenoxy) is 3. The highest BCUT2D eigenvalue weighted by Crippen LogP contribution is 2.44. The van der Waals surface area contributed by atoms with Crippen LogP contribution < -0.4 is 16.0 Å². The first-order valence-corrected chi connectivity index (χ1v) is 22.2. The first kappa shape index (κ1) is 49.4. The van der Waals surface area contributed by atoms with Crippen LogP contribution in [0.1, 0.15) is 156 Å². The highest BCUT2D eigenvalue weighted by Gasteiger charge is 2.32. The maximum atomic E-state index is 13.2. The van der Waals surface area contributed by atoms with E-state index in [0.29, 0.717) is 38.1 Å². The predicted octanol–water partition coefficient (Wildman–Crippen LogP) is 8.31. The molecule has 2 aromatic carbocycles. The molecule has 0 saturated heterocycles. The van der Waals surface area contributed by atoms with E-state index in [0.717, 1.165) is 38.5 Å². The zero-order chi connectivity index (χ0) is 45.5. The highest BCUT2D eigenvalue weighted by atomic mass is 16.6. The van der Waals surface area contributed by atoms with E-state index in [1.165, 1.54) is 22.3 Å². The van der Waals surface area contributed by atoms with Gasteiger partial charge in [-0.1, -0.05) is 87.4 Å². The van der Waals surface area contributed by atoms with Crippen molar-refractivity contribution in [3.63, 3.8) is 0 Å². The van der Waals surface area contributed by atoms with Crippen molar-refractivity contribution in [2.45, 2.75) is 175 Å². The highest BCUT2D eigenvalue weighted by molar-refractivity contribution is 5.84. The molecule has 1 aromatic heterocycles. The maximum Gasteiger partial charge on any atom is 0.329 e. The fraction of sp³-hybridized carbons (Fsp3) is 0.604. The van der Waals surface area contributed by atoms with Crippen molar-refractivity contribution < 1.29 is 38.2 Å². The molecule has 0 fully saturated rings. The van der Waals surface area contributed by atoms with Crippen molar-refractivity contribution in [1.29, 1.82) is 0 Å². The number of hydrogen-bond donors (Lipinski definition) is 3. The average molecular weight is 859 g/mol. The number of benzene rings is 2. The average Bonchev–Trinajstić information content (AvgIpc) is 3.77. The van der Waals surface area contributed by atoms with Gasteiger partial charge >= 0.3 is 23.9 Å². The lowest BCUT2D eigenvalue weighted by Gasteiger charge is -2.32. The van der Waals surface area contributed by atoms with Gasteiger partial charge in [-0.2, -0.15) is 0 Å².